The van der Waals surface area contributed by atoms with Crippen molar-refractivity contribution in [1.29, 1.82) is 0 Å². The Morgan fingerprint density at radius 2 is 2.31 bits per heavy atom. The number of rotatable bonds is 2. The van der Waals surface area contributed by atoms with Gasteiger partial charge in [-0.05, 0) is 25.0 Å². The Bertz CT molecular complexity index is 319. The van der Waals surface area contributed by atoms with Crippen LogP contribution in [0.4, 0.5) is 0 Å². The average molecular weight is 198 g/mol. The molecule has 0 radical (unpaired) electrons. The van der Waals surface area contributed by atoms with Gasteiger partial charge in [0, 0.05) is 6.20 Å². The van der Waals surface area contributed by atoms with Gasteiger partial charge in [-0.2, -0.15) is 0 Å². The largest absolute Gasteiger partial charge is 0.458 e. The van der Waals surface area contributed by atoms with Gasteiger partial charge in [0.15, 0.2) is 0 Å². The highest BCUT2D eigenvalue weighted by Crippen LogP contribution is 2.24. The molecule has 1 heterocycles. The van der Waals surface area contributed by atoms with Crippen molar-refractivity contribution in [2.75, 3.05) is 0 Å². The summed E-state index contributed by atoms with van der Waals surface area (Å²) in [5, 5.41) is 0.517. The summed E-state index contributed by atoms with van der Waals surface area (Å²) in [6.45, 7) is 0. The van der Waals surface area contributed by atoms with Crippen LogP contribution in [-0.2, 0) is 4.74 Å². The normalized spacial score (nSPS) is 15.5. The Labute approximate surface area is 80.7 Å². The lowest BCUT2D eigenvalue weighted by Crippen LogP contribution is -2.08. The molecule has 1 aromatic heterocycles. The van der Waals surface area contributed by atoms with E-state index in [0.717, 1.165) is 12.8 Å². The third-order valence-corrected chi connectivity index (χ3v) is 1.96. The summed E-state index contributed by atoms with van der Waals surface area (Å²) in [6, 6.07) is 3.19. The molecular formula is C9H8ClNO2. The SMILES string of the molecule is O=C(OC1CC1)c1ccc(Cl)cn1. The van der Waals surface area contributed by atoms with Crippen LogP contribution in [0.15, 0.2) is 18.3 Å². The number of pyridine rings is 1. The number of halogens is 1. The monoisotopic (exact) mass is 197 g/mol. The molecule has 68 valence electrons. The number of hydrogen-bond acceptors (Lipinski definition) is 3. The standard InChI is InChI=1S/C9H8ClNO2/c10-6-1-4-8(11-5-6)9(12)13-7-2-3-7/h1,4-5,7H,2-3H2. The van der Waals surface area contributed by atoms with Gasteiger partial charge in [-0.3, -0.25) is 0 Å². The van der Waals surface area contributed by atoms with Gasteiger partial charge in [-0.15, -0.1) is 0 Å². The van der Waals surface area contributed by atoms with Crippen LogP contribution in [-0.4, -0.2) is 17.1 Å². The number of nitrogens with zero attached hydrogens (tertiary/aromatic N) is 1. The van der Waals surface area contributed by atoms with E-state index in [4.69, 9.17) is 16.3 Å². The summed E-state index contributed by atoms with van der Waals surface area (Å²) in [5.41, 5.74) is 0.316. The molecular weight excluding hydrogens is 190 g/mol. The molecule has 1 fully saturated rings. The molecule has 0 atom stereocenters. The fourth-order valence-corrected chi connectivity index (χ4v) is 1.01. The van der Waals surface area contributed by atoms with Crippen LogP contribution in [0.3, 0.4) is 0 Å². The van der Waals surface area contributed by atoms with Crippen molar-refractivity contribution < 1.29 is 9.53 Å². The van der Waals surface area contributed by atoms with Crippen molar-refractivity contribution in [3.63, 3.8) is 0 Å². The predicted molar refractivity (Wildman–Crippen MR) is 47.7 cm³/mol. The lowest BCUT2D eigenvalue weighted by atomic mass is 10.3. The van der Waals surface area contributed by atoms with E-state index in [2.05, 4.69) is 4.98 Å². The van der Waals surface area contributed by atoms with E-state index in [1.807, 2.05) is 0 Å². The van der Waals surface area contributed by atoms with Crippen LogP contribution in [0.25, 0.3) is 0 Å². The van der Waals surface area contributed by atoms with Gasteiger partial charge in [0.25, 0.3) is 0 Å². The Balaban J connectivity index is 2.05. The molecule has 2 rings (SSSR count). The van der Waals surface area contributed by atoms with Crippen LogP contribution in [0, 0.1) is 0 Å². The molecule has 0 unspecified atom stereocenters. The van der Waals surface area contributed by atoms with E-state index in [0.29, 0.717) is 10.7 Å². The van der Waals surface area contributed by atoms with Gasteiger partial charge in [0.2, 0.25) is 0 Å². The third-order valence-electron chi connectivity index (χ3n) is 1.73. The Morgan fingerprint density at radius 3 is 2.85 bits per heavy atom. The van der Waals surface area contributed by atoms with E-state index < -0.39 is 0 Å². The molecule has 1 aromatic rings. The molecule has 0 aliphatic heterocycles. The maximum absolute atomic E-state index is 11.3. The Morgan fingerprint density at radius 1 is 1.54 bits per heavy atom. The molecule has 3 nitrogen and oxygen atoms in total. The molecule has 0 N–H and O–H groups in total. The summed E-state index contributed by atoms with van der Waals surface area (Å²) >= 11 is 5.62. The quantitative estimate of drug-likeness (QED) is 0.682. The lowest BCUT2D eigenvalue weighted by Gasteiger charge is -2.00. The van der Waals surface area contributed by atoms with Crippen molar-refractivity contribution >= 4 is 17.6 Å². The van der Waals surface area contributed by atoms with Crippen molar-refractivity contribution in [3.8, 4) is 0 Å². The summed E-state index contributed by atoms with van der Waals surface area (Å²) in [4.78, 5) is 15.1. The highest BCUT2D eigenvalue weighted by molar-refractivity contribution is 6.30. The summed E-state index contributed by atoms with van der Waals surface area (Å²) < 4.78 is 5.04. The first-order valence-electron chi connectivity index (χ1n) is 4.08. The van der Waals surface area contributed by atoms with E-state index >= 15 is 0 Å². The second kappa shape index (κ2) is 3.34. The third kappa shape index (κ3) is 2.18. The Kier molecular flexibility index (Phi) is 2.19. The van der Waals surface area contributed by atoms with Crippen LogP contribution >= 0.6 is 11.6 Å². The van der Waals surface area contributed by atoms with Crippen molar-refractivity contribution in [1.82, 2.24) is 4.98 Å². The molecule has 0 bridgehead atoms. The molecule has 0 aromatic carbocycles. The minimum atomic E-state index is -0.362. The minimum absolute atomic E-state index is 0.116. The highest BCUT2D eigenvalue weighted by Gasteiger charge is 2.26. The zero-order chi connectivity index (χ0) is 9.26. The topological polar surface area (TPSA) is 39.2 Å². The van der Waals surface area contributed by atoms with Crippen LogP contribution in [0.1, 0.15) is 23.3 Å². The smallest absolute Gasteiger partial charge is 0.357 e. The first-order chi connectivity index (χ1) is 6.25. The maximum Gasteiger partial charge on any atom is 0.357 e. The summed E-state index contributed by atoms with van der Waals surface area (Å²) in [6.07, 6.45) is 3.49. The number of esters is 1. The molecule has 1 saturated carbocycles. The van der Waals surface area contributed by atoms with Crippen molar-refractivity contribution in [3.05, 3.63) is 29.0 Å². The highest BCUT2D eigenvalue weighted by atomic mass is 35.5. The average Bonchev–Trinajstić information content (AvgIpc) is 2.89. The molecule has 1 aliphatic rings. The van der Waals surface area contributed by atoms with Gasteiger partial charge in [-0.25, -0.2) is 9.78 Å². The fourth-order valence-electron chi connectivity index (χ4n) is 0.894. The first-order valence-corrected chi connectivity index (χ1v) is 4.46. The second-order valence-electron chi connectivity index (χ2n) is 2.97. The van der Waals surface area contributed by atoms with Crippen LogP contribution < -0.4 is 0 Å². The molecule has 0 saturated heterocycles. The molecule has 0 amide bonds. The number of carbonyl (C=O) groups excluding carboxylic acids is 1. The second-order valence-corrected chi connectivity index (χ2v) is 3.40. The Hall–Kier alpha value is -1.09. The maximum atomic E-state index is 11.3. The molecule has 1 aliphatic carbocycles. The van der Waals surface area contributed by atoms with Gasteiger partial charge < -0.3 is 4.74 Å². The number of ether oxygens (including phenoxy) is 1. The van der Waals surface area contributed by atoms with Crippen molar-refractivity contribution in [2.24, 2.45) is 0 Å². The van der Waals surface area contributed by atoms with Crippen molar-refractivity contribution in [2.45, 2.75) is 18.9 Å². The summed E-state index contributed by atoms with van der Waals surface area (Å²) in [7, 11) is 0. The van der Waals surface area contributed by atoms with E-state index in [-0.39, 0.29) is 12.1 Å². The summed E-state index contributed by atoms with van der Waals surface area (Å²) in [5.74, 6) is -0.362. The van der Waals surface area contributed by atoms with Gasteiger partial charge in [-0.1, -0.05) is 11.6 Å². The number of carbonyl (C=O) groups is 1. The zero-order valence-corrected chi connectivity index (χ0v) is 7.62. The van der Waals surface area contributed by atoms with Crippen LogP contribution in [0.5, 0.6) is 0 Å². The number of hydrogen-bond donors (Lipinski definition) is 0. The predicted octanol–water partition coefficient (Wildman–Crippen LogP) is 2.05. The first kappa shape index (κ1) is 8.51. The van der Waals surface area contributed by atoms with Gasteiger partial charge in [0.05, 0.1) is 5.02 Å². The van der Waals surface area contributed by atoms with E-state index in [1.54, 1.807) is 12.1 Å². The molecule has 0 spiro atoms. The van der Waals surface area contributed by atoms with Gasteiger partial charge >= 0.3 is 5.97 Å². The van der Waals surface area contributed by atoms with Crippen LogP contribution in [0.2, 0.25) is 5.02 Å². The molecule has 4 heteroatoms. The van der Waals surface area contributed by atoms with E-state index in [9.17, 15) is 4.79 Å². The van der Waals surface area contributed by atoms with E-state index in [1.165, 1.54) is 6.20 Å². The van der Waals surface area contributed by atoms with Gasteiger partial charge in [0.1, 0.15) is 11.8 Å². The zero-order valence-electron chi connectivity index (χ0n) is 6.87. The minimum Gasteiger partial charge on any atom is -0.458 e. The fraction of sp³-hybridized carbons (Fsp3) is 0.333. The number of aromatic nitrogens is 1. The molecule has 13 heavy (non-hydrogen) atoms. The lowest BCUT2D eigenvalue weighted by molar-refractivity contribution is 0.0465.